The van der Waals surface area contributed by atoms with E-state index in [1.807, 2.05) is 47.6 Å². The first-order valence-corrected chi connectivity index (χ1v) is 15.9. The van der Waals surface area contributed by atoms with E-state index in [0.29, 0.717) is 42.8 Å². The lowest BCUT2D eigenvalue weighted by molar-refractivity contribution is -0.140. The highest BCUT2D eigenvalue weighted by Crippen LogP contribution is 2.66. The van der Waals surface area contributed by atoms with Crippen LogP contribution in [-0.2, 0) is 9.59 Å². The number of carbonyl (C=O) groups excluding carboxylic acids is 4. The van der Waals surface area contributed by atoms with Crippen LogP contribution in [-0.4, -0.2) is 58.8 Å². The highest BCUT2D eigenvalue weighted by molar-refractivity contribution is 6.04. The zero-order valence-electron chi connectivity index (χ0n) is 26.5. The second-order valence-corrected chi connectivity index (χ2v) is 13.9. The third-order valence-corrected chi connectivity index (χ3v) is 11.0. The molecule has 0 aliphatic heterocycles. The maximum Gasteiger partial charge on any atom is 0.324 e. The number of hydrogen-bond acceptors (Lipinski definition) is 4. The number of rotatable bonds is 6. The fraction of sp³-hybridized carbons (Fsp3) is 0.758. The molecule has 8 nitrogen and oxygen atoms in total. The van der Waals surface area contributed by atoms with Crippen molar-refractivity contribution in [2.24, 2.45) is 34.5 Å². The van der Waals surface area contributed by atoms with Crippen molar-refractivity contribution in [1.82, 2.24) is 20.4 Å². The van der Waals surface area contributed by atoms with Gasteiger partial charge in [0.15, 0.2) is 0 Å². The number of urea groups is 2. The fourth-order valence-electron chi connectivity index (χ4n) is 8.75. The van der Waals surface area contributed by atoms with Crippen molar-refractivity contribution in [3.63, 3.8) is 0 Å². The van der Waals surface area contributed by atoms with Crippen LogP contribution in [0.3, 0.4) is 0 Å². The summed E-state index contributed by atoms with van der Waals surface area (Å²) in [5, 5.41) is 5.52. The summed E-state index contributed by atoms with van der Waals surface area (Å²) < 4.78 is 0. The normalized spacial score (nSPS) is 32.2. The molecule has 4 aliphatic rings. The van der Waals surface area contributed by atoms with E-state index >= 15 is 0 Å². The molecule has 41 heavy (non-hydrogen) atoms. The molecule has 0 aromatic rings. The topological polar surface area (TPSA) is 98.8 Å². The van der Waals surface area contributed by atoms with Crippen LogP contribution in [0.1, 0.15) is 100 Å². The predicted molar refractivity (Wildman–Crippen MR) is 161 cm³/mol. The summed E-state index contributed by atoms with van der Waals surface area (Å²) in [6.07, 6.45) is 10.7. The zero-order valence-corrected chi connectivity index (χ0v) is 26.5. The van der Waals surface area contributed by atoms with Crippen molar-refractivity contribution in [2.75, 3.05) is 13.1 Å². The number of nitrogens with zero attached hydrogens (tertiary/aromatic N) is 2. The largest absolute Gasteiger partial charge is 0.335 e. The van der Waals surface area contributed by atoms with Crippen molar-refractivity contribution in [3.8, 4) is 0 Å². The molecule has 0 bridgehead atoms. The Morgan fingerprint density at radius 1 is 0.951 bits per heavy atom. The van der Waals surface area contributed by atoms with Crippen LogP contribution < -0.4 is 10.6 Å². The summed E-state index contributed by atoms with van der Waals surface area (Å²) in [6.45, 7) is 17.3. The maximum absolute atomic E-state index is 14.0. The molecular weight excluding hydrogens is 516 g/mol. The molecule has 0 heterocycles. The molecule has 0 saturated heterocycles. The molecule has 228 valence electrons. The Bertz CT molecular complexity index is 1120. The van der Waals surface area contributed by atoms with E-state index in [-0.39, 0.29) is 52.7 Å². The van der Waals surface area contributed by atoms with Gasteiger partial charge in [-0.3, -0.25) is 19.8 Å². The first-order valence-electron chi connectivity index (χ1n) is 15.9. The predicted octanol–water partition coefficient (Wildman–Crippen LogP) is 6.03. The molecule has 0 unspecified atom stereocenters. The van der Waals surface area contributed by atoms with Gasteiger partial charge in [-0.15, -0.1) is 0 Å². The third kappa shape index (κ3) is 5.60. The van der Waals surface area contributed by atoms with Crippen LogP contribution in [0.15, 0.2) is 23.3 Å². The molecule has 0 radical (unpaired) electrons. The number of fused-ring (bicyclic) bond motifs is 5. The van der Waals surface area contributed by atoms with Crippen molar-refractivity contribution in [2.45, 2.75) is 112 Å². The molecule has 0 aromatic heterocycles. The highest BCUT2D eigenvalue weighted by atomic mass is 16.2. The Hall–Kier alpha value is -2.64. The number of nitrogens with one attached hydrogen (secondary N) is 2. The van der Waals surface area contributed by atoms with Gasteiger partial charge in [0.25, 0.3) is 5.91 Å². The molecule has 2 fully saturated rings. The lowest BCUT2D eigenvalue weighted by Gasteiger charge is -2.57. The molecule has 6 amide bonds. The van der Waals surface area contributed by atoms with Gasteiger partial charge in [-0.2, -0.15) is 0 Å². The van der Waals surface area contributed by atoms with Crippen molar-refractivity contribution >= 4 is 23.9 Å². The van der Waals surface area contributed by atoms with Crippen LogP contribution in [0.2, 0.25) is 0 Å². The van der Waals surface area contributed by atoms with E-state index in [1.165, 1.54) is 10.5 Å². The van der Waals surface area contributed by atoms with Gasteiger partial charge in [0.2, 0.25) is 5.91 Å². The van der Waals surface area contributed by atoms with E-state index < -0.39 is 0 Å². The van der Waals surface area contributed by atoms with Gasteiger partial charge in [0.1, 0.15) is 0 Å². The standard InChI is InChI=1S/C33H52N4O4/c1-9-36(10-2)30(40)35-28(38)22-15-17-32(7)23(19-22)11-12-24-25-13-14-27(33(25,8)18-16-26(24)32)29(39)37(21(5)6)31(41)34-20(3)4/h11,19-21,24-27H,9-10,12-18H2,1-8H3,(H,34,41)(H,35,38,40)/t24-,25-,26-,27+,32-,33-/m0/s1. The molecule has 8 heteroatoms. The van der Waals surface area contributed by atoms with Crippen LogP contribution in [0.25, 0.3) is 0 Å². The van der Waals surface area contributed by atoms with Crippen LogP contribution in [0, 0.1) is 34.5 Å². The van der Waals surface area contributed by atoms with Crippen LogP contribution in [0.4, 0.5) is 9.59 Å². The Morgan fingerprint density at radius 2 is 1.63 bits per heavy atom. The Kier molecular flexibility index (Phi) is 9.10. The average Bonchev–Trinajstić information content (AvgIpc) is 3.25. The summed E-state index contributed by atoms with van der Waals surface area (Å²) in [7, 11) is 0. The Morgan fingerprint density at radius 3 is 2.24 bits per heavy atom. The number of amides is 6. The number of imide groups is 2. The van der Waals surface area contributed by atoms with Gasteiger partial charge in [0.05, 0.1) is 0 Å². The summed E-state index contributed by atoms with van der Waals surface area (Å²) in [5.41, 5.74) is 1.79. The monoisotopic (exact) mass is 568 g/mol. The van der Waals surface area contributed by atoms with Crippen molar-refractivity contribution in [3.05, 3.63) is 23.3 Å². The molecular formula is C33H52N4O4. The number of carbonyl (C=O) groups is 4. The number of hydrogen-bond donors (Lipinski definition) is 2. The summed E-state index contributed by atoms with van der Waals surface area (Å²) >= 11 is 0. The molecule has 4 aliphatic carbocycles. The lowest BCUT2D eigenvalue weighted by atomic mass is 9.48. The molecule has 4 rings (SSSR count). The van der Waals surface area contributed by atoms with Gasteiger partial charge in [-0.25, -0.2) is 9.59 Å². The molecule has 2 N–H and O–H groups in total. The summed E-state index contributed by atoms with van der Waals surface area (Å²) in [4.78, 5) is 55.5. The minimum Gasteiger partial charge on any atom is -0.335 e. The van der Waals surface area contributed by atoms with Crippen molar-refractivity contribution < 1.29 is 19.2 Å². The minimum atomic E-state index is -0.332. The summed E-state index contributed by atoms with van der Waals surface area (Å²) in [6, 6.07) is -0.836. The van der Waals surface area contributed by atoms with Gasteiger partial charge >= 0.3 is 12.1 Å². The van der Waals surface area contributed by atoms with E-state index in [9.17, 15) is 19.2 Å². The van der Waals surface area contributed by atoms with E-state index in [4.69, 9.17) is 0 Å². The SMILES string of the molecule is CCN(CC)C(=O)NC(=O)C1=CC2=CC[C@H]3[C@@H]4CC[C@H](C(=O)N(C(=O)NC(C)C)C(C)C)[C@@]4(C)CC[C@@H]3[C@@]2(C)CC1. The third-order valence-electron chi connectivity index (χ3n) is 11.0. The van der Waals surface area contributed by atoms with E-state index in [0.717, 1.165) is 38.5 Å². The zero-order chi connectivity index (χ0) is 30.3. The van der Waals surface area contributed by atoms with Gasteiger partial charge in [-0.1, -0.05) is 26.0 Å². The molecule has 0 spiro atoms. The van der Waals surface area contributed by atoms with Gasteiger partial charge < -0.3 is 10.2 Å². The molecule has 2 saturated carbocycles. The minimum absolute atomic E-state index is 0.0138. The lowest BCUT2D eigenvalue weighted by Crippen LogP contribution is -2.55. The summed E-state index contributed by atoms with van der Waals surface area (Å²) in [5.74, 6) is 0.986. The maximum atomic E-state index is 14.0. The second-order valence-electron chi connectivity index (χ2n) is 13.9. The second kappa shape index (κ2) is 11.9. The highest BCUT2D eigenvalue weighted by Gasteiger charge is 2.60. The average molecular weight is 569 g/mol. The smallest absolute Gasteiger partial charge is 0.324 e. The first-order chi connectivity index (χ1) is 19.3. The van der Waals surface area contributed by atoms with Gasteiger partial charge in [-0.05, 0) is 121 Å². The van der Waals surface area contributed by atoms with E-state index in [2.05, 4.69) is 30.6 Å². The Balaban J connectivity index is 1.53. The number of allylic oxidation sites excluding steroid dienone is 3. The fourth-order valence-corrected chi connectivity index (χ4v) is 8.75. The van der Waals surface area contributed by atoms with Crippen molar-refractivity contribution in [1.29, 1.82) is 0 Å². The molecule has 6 atom stereocenters. The van der Waals surface area contributed by atoms with E-state index in [1.54, 1.807) is 4.90 Å². The molecule has 0 aromatic carbocycles. The first kappa shape index (κ1) is 31.3. The quantitative estimate of drug-likeness (QED) is 0.408. The van der Waals surface area contributed by atoms with Crippen LogP contribution in [0.5, 0.6) is 0 Å². The van der Waals surface area contributed by atoms with Crippen LogP contribution >= 0.6 is 0 Å². The Labute approximate surface area is 246 Å². The van der Waals surface area contributed by atoms with Gasteiger partial charge in [0, 0.05) is 36.7 Å².